The Morgan fingerprint density at radius 2 is 1.91 bits per heavy atom. The summed E-state index contributed by atoms with van der Waals surface area (Å²) in [4.78, 5) is 2.54. The Morgan fingerprint density at radius 1 is 1.18 bits per heavy atom. The Kier molecular flexibility index (Phi) is 2.14. The fourth-order valence-electron chi connectivity index (χ4n) is 2.05. The minimum atomic E-state index is 0.415. The molecule has 0 unspecified atom stereocenters. The van der Waals surface area contributed by atoms with Crippen molar-refractivity contribution in [1.29, 1.82) is 0 Å². The van der Waals surface area contributed by atoms with E-state index in [0.717, 1.165) is 5.92 Å². The molecule has 0 aromatic rings. The largest absolute Gasteiger partial charge is 0.396 e. The average molecular weight is 155 g/mol. The molecule has 2 aliphatic rings. The van der Waals surface area contributed by atoms with Crippen molar-refractivity contribution in [1.82, 2.24) is 4.90 Å². The van der Waals surface area contributed by atoms with E-state index in [9.17, 15) is 0 Å². The van der Waals surface area contributed by atoms with Gasteiger partial charge in [0.1, 0.15) is 0 Å². The fraction of sp³-hybridized carbons (Fsp3) is 1.00. The van der Waals surface area contributed by atoms with E-state index in [0.29, 0.717) is 12.5 Å². The molecule has 2 rings (SSSR count). The van der Waals surface area contributed by atoms with Gasteiger partial charge in [0.05, 0.1) is 0 Å². The zero-order valence-corrected chi connectivity index (χ0v) is 7.00. The highest BCUT2D eigenvalue weighted by molar-refractivity contribution is 4.88. The first kappa shape index (κ1) is 7.56. The van der Waals surface area contributed by atoms with Crippen LogP contribution < -0.4 is 0 Å². The lowest BCUT2D eigenvalue weighted by Gasteiger charge is -2.13. The van der Waals surface area contributed by atoms with E-state index >= 15 is 0 Å². The second-order valence-electron chi connectivity index (χ2n) is 3.95. The van der Waals surface area contributed by atoms with Crippen LogP contribution in [0, 0.1) is 11.8 Å². The van der Waals surface area contributed by atoms with Gasteiger partial charge in [-0.25, -0.2) is 0 Å². The van der Waals surface area contributed by atoms with Crippen LogP contribution in [-0.4, -0.2) is 36.2 Å². The maximum atomic E-state index is 8.83. The summed E-state index contributed by atoms with van der Waals surface area (Å²) in [5.74, 6) is 1.48. The molecule has 11 heavy (non-hydrogen) atoms. The Bertz CT molecular complexity index is 132. The lowest BCUT2D eigenvalue weighted by molar-refractivity contribution is 0.252. The number of rotatable bonds is 3. The van der Waals surface area contributed by atoms with Gasteiger partial charge in [-0.3, -0.25) is 0 Å². The van der Waals surface area contributed by atoms with Crippen molar-refractivity contribution in [2.75, 3.05) is 26.2 Å². The molecule has 0 aromatic carbocycles. The van der Waals surface area contributed by atoms with E-state index < -0.39 is 0 Å². The highest BCUT2D eigenvalue weighted by atomic mass is 16.3. The van der Waals surface area contributed by atoms with Crippen molar-refractivity contribution in [3.05, 3.63) is 0 Å². The second kappa shape index (κ2) is 3.11. The molecule has 1 N–H and O–H groups in total. The molecule has 64 valence electrons. The molecule has 2 atom stereocenters. The highest BCUT2D eigenvalue weighted by Crippen LogP contribution is 2.38. The summed E-state index contributed by atoms with van der Waals surface area (Å²) in [7, 11) is 0. The summed E-state index contributed by atoms with van der Waals surface area (Å²) >= 11 is 0. The smallest absolute Gasteiger partial charge is 0.0462 e. The van der Waals surface area contributed by atoms with Crippen LogP contribution in [0.4, 0.5) is 0 Å². The molecule has 1 saturated carbocycles. The molecule has 0 amide bonds. The van der Waals surface area contributed by atoms with Crippen molar-refractivity contribution >= 4 is 0 Å². The standard InChI is InChI=1S/C9H17NO/c11-7-9-5-8(9)6-10-3-1-2-4-10/h8-9,11H,1-7H2/t8-,9-/m0/s1. The van der Waals surface area contributed by atoms with Crippen molar-refractivity contribution in [2.24, 2.45) is 11.8 Å². The second-order valence-corrected chi connectivity index (χ2v) is 3.95. The number of aliphatic hydroxyl groups excluding tert-OH is 1. The summed E-state index contributed by atoms with van der Waals surface area (Å²) in [6.45, 7) is 4.27. The molecule has 0 radical (unpaired) electrons. The average Bonchev–Trinajstić information content (AvgIpc) is 2.54. The maximum absolute atomic E-state index is 8.83. The Morgan fingerprint density at radius 3 is 2.45 bits per heavy atom. The summed E-state index contributed by atoms with van der Waals surface area (Å²) in [5.41, 5.74) is 0. The van der Waals surface area contributed by atoms with Gasteiger partial charge in [-0.1, -0.05) is 0 Å². The molecule has 0 spiro atoms. The van der Waals surface area contributed by atoms with E-state index in [1.165, 1.54) is 38.9 Å². The molecule has 1 saturated heterocycles. The zero-order valence-electron chi connectivity index (χ0n) is 7.00. The van der Waals surface area contributed by atoms with Crippen LogP contribution in [0.2, 0.25) is 0 Å². The Labute approximate surface area is 68.2 Å². The lowest BCUT2D eigenvalue weighted by atomic mass is 10.3. The van der Waals surface area contributed by atoms with Crippen LogP contribution in [-0.2, 0) is 0 Å². The van der Waals surface area contributed by atoms with Crippen molar-refractivity contribution in [3.8, 4) is 0 Å². The normalized spacial score (nSPS) is 37.9. The first-order valence-corrected chi connectivity index (χ1v) is 4.73. The third-order valence-electron chi connectivity index (χ3n) is 2.99. The first-order chi connectivity index (χ1) is 5.40. The van der Waals surface area contributed by atoms with E-state index in [1.807, 2.05) is 0 Å². The van der Waals surface area contributed by atoms with Gasteiger partial charge in [-0.15, -0.1) is 0 Å². The third-order valence-corrected chi connectivity index (χ3v) is 2.99. The molecule has 2 fully saturated rings. The zero-order chi connectivity index (χ0) is 7.68. The van der Waals surface area contributed by atoms with Gasteiger partial charge in [-0.05, 0) is 44.2 Å². The number of hydrogen-bond donors (Lipinski definition) is 1. The molecule has 2 nitrogen and oxygen atoms in total. The van der Waals surface area contributed by atoms with Crippen LogP contribution in [0.15, 0.2) is 0 Å². The number of likely N-dealkylation sites (tertiary alicyclic amines) is 1. The molecular weight excluding hydrogens is 138 g/mol. The molecular formula is C9H17NO. The molecule has 1 aliphatic carbocycles. The van der Waals surface area contributed by atoms with E-state index in [1.54, 1.807) is 0 Å². The predicted molar refractivity (Wildman–Crippen MR) is 44.4 cm³/mol. The Balaban J connectivity index is 1.66. The SMILES string of the molecule is OC[C@@H]1C[C@H]1CN1CCCC1. The minimum absolute atomic E-state index is 0.415. The van der Waals surface area contributed by atoms with E-state index in [4.69, 9.17) is 5.11 Å². The number of nitrogens with zero attached hydrogens (tertiary/aromatic N) is 1. The monoisotopic (exact) mass is 155 g/mol. The van der Waals surface area contributed by atoms with Crippen LogP contribution in [0.5, 0.6) is 0 Å². The van der Waals surface area contributed by atoms with Gasteiger partial charge in [-0.2, -0.15) is 0 Å². The summed E-state index contributed by atoms with van der Waals surface area (Å²) in [5, 5.41) is 8.83. The van der Waals surface area contributed by atoms with Crippen molar-refractivity contribution < 1.29 is 5.11 Å². The van der Waals surface area contributed by atoms with Gasteiger partial charge in [0.15, 0.2) is 0 Å². The van der Waals surface area contributed by atoms with Gasteiger partial charge in [0.2, 0.25) is 0 Å². The van der Waals surface area contributed by atoms with Crippen LogP contribution >= 0.6 is 0 Å². The van der Waals surface area contributed by atoms with Gasteiger partial charge >= 0.3 is 0 Å². The lowest BCUT2D eigenvalue weighted by Crippen LogP contribution is -2.22. The van der Waals surface area contributed by atoms with Gasteiger partial charge in [0, 0.05) is 13.2 Å². The van der Waals surface area contributed by atoms with Crippen LogP contribution in [0.1, 0.15) is 19.3 Å². The van der Waals surface area contributed by atoms with Crippen molar-refractivity contribution in [2.45, 2.75) is 19.3 Å². The number of hydrogen-bond acceptors (Lipinski definition) is 2. The fourth-order valence-corrected chi connectivity index (χ4v) is 2.05. The third kappa shape index (κ3) is 1.74. The van der Waals surface area contributed by atoms with Gasteiger partial charge in [0.25, 0.3) is 0 Å². The minimum Gasteiger partial charge on any atom is -0.396 e. The molecule has 0 bridgehead atoms. The predicted octanol–water partition coefficient (Wildman–Crippen LogP) is 0.711. The van der Waals surface area contributed by atoms with Crippen LogP contribution in [0.3, 0.4) is 0 Å². The van der Waals surface area contributed by atoms with E-state index in [2.05, 4.69) is 4.90 Å². The van der Waals surface area contributed by atoms with Crippen LogP contribution in [0.25, 0.3) is 0 Å². The van der Waals surface area contributed by atoms with Gasteiger partial charge < -0.3 is 10.0 Å². The summed E-state index contributed by atoms with van der Waals surface area (Å²) in [6.07, 6.45) is 4.04. The highest BCUT2D eigenvalue weighted by Gasteiger charge is 2.37. The molecule has 2 heteroatoms. The van der Waals surface area contributed by atoms with E-state index in [-0.39, 0.29) is 0 Å². The maximum Gasteiger partial charge on any atom is 0.0462 e. The molecule has 0 aromatic heterocycles. The summed E-state index contributed by atoms with van der Waals surface area (Å²) < 4.78 is 0. The first-order valence-electron chi connectivity index (χ1n) is 4.73. The summed E-state index contributed by atoms with van der Waals surface area (Å²) in [6, 6.07) is 0. The quantitative estimate of drug-likeness (QED) is 0.649. The molecule has 1 heterocycles. The number of aliphatic hydroxyl groups is 1. The Hall–Kier alpha value is -0.0800. The van der Waals surface area contributed by atoms with Crippen molar-refractivity contribution in [3.63, 3.8) is 0 Å². The molecule has 1 aliphatic heterocycles. The topological polar surface area (TPSA) is 23.5 Å².